The van der Waals surface area contributed by atoms with Crippen LogP contribution < -0.4 is 10.1 Å². The fraction of sp³-hybridized carbons (Fsp3) is 0.611. The molecule has 4 nitrogen and oxygen atoms in total. The fourth-order valence-electron chi connectivity index (χ4n) is 3.34. The van der Waals surface area contributed by atoms with Gasteiger partial charge in [-0.2, -0.15) is 0 Å². The number of carbonyl (C=O) groups excluding carboxylic acids is 1. The van der Waals surface area contributed by atoms with Crippen LogP contribution >= 0.6 is 0 Å². The molecule has 0 bridgehead atoms. The molecule has 0 radical (unpaired) electrons. The summed E-state index contributed by atoms with van der Waals surface area (Å²) in [5, 5.41) is 3.02. The number of carbonyl (C=O) groups is 1. The second-order valence-corrected chi connectivity index (χ2v) is 6.62. The van der Waals surface area contributed by atoms with Gasteiger partial charge in [-0.05, 0) is 57.0 Å². The minimum atomic E-state index is 0.168. The summed E-state index contributed by atoms with van der Waals surface area (Å²) in [4.78, 5) is 14.4. The van der Waals surface area contributed by atoms with Gasteiger partial charge in [-0.3, -0.25) is 4.79 Å². The molecule has 1 saturated carbocycles. The van der Waals surface area contributed by atoms with Crippen molar-refractivity contribution >= 4 is 11.6 Å². The molecule has 4 heteroatoms. The Labute approximate surface area is 132 Å². The fourth-order valence-corrected chi connectivity index (χ4v) is 3.34. The number of nitrogens with zero attached hydrogens (tertiary/aromatic N) is 1. The summed E-state index contributed by atoms with van der Waals surface area (Å²) >= 11 is 0. The van der Waals surface area contributed by atoms with Gasteiger partial charge in [0.2, 0.25) is 5.91 Å². The third-order valence-corrected chi connectivity index (χ3v) is 4.82. The molecule has 1 aromatic rings. The monoisotopic (exact) mass is 302 g/mol. The van der Waals surface area contributed by atoms with Crippen LogP contribution in [0.3, 0.4) is 0 Å². The molecule has 0 unspecified atom stereocenters. The van der Waals surface area contributed by atoms with Gasteiger partial charge >= 0.3 is 0 Å². The standard InChI is InChI=1S/C18H26N2O2/c1-20-12-10-17(11-13-20)22-16-8-6-15(7-9-16)19-18(21)14-4-2-3-5-14/h6-9,14,17H,2-5,10-13H2,1H3,(H,19,21). The molecular weight excluding hydrogens is 276 g/mol. The maximum Gasteiger partial charge on any atom is 0.227 e. The molecule has 1 aromatic carbocycles. The average molecular weight is 302 g/mol. The van der Waals surface area contributed by atoms with Crippen LogP contribution in [0.1, 0.15) is 38.5 Å². The highest BCUT2D eigenvalue weighted by Crippen LogP contribution is 2.26. The van der Waals surface area contributed by atoms with E-state index in [4.69, 9.17) is 4.74 Å². The minimum absolute atomic E-state index is 0.168. The predicted octanol–water partition coefficient (Wildman–Crippen LogP) is 3.29. The van der Waals surface area contributed by atoms with E-state index in [2.05, 4.69) is 17.3 Å². The summed E-state index contributed by atoms with van der Waals surface area (Å²) in [5.74, 6) is 1.27. The molecule has 1 amide bonds. The van der Waals surface area contributed by atoms with Crippen molar-refractivity contribution in [2.75, 3.05) is 25.5 Å². The molecule has 0 aromatic heterocycles. The van der Waals surface area contributed by atoms with Gasteiger partial charge in [-0.1, -0.05) is 12.8 Å². The molecule has 0 atom stereocenters. The first kappa shape index (κ1) is 15.3. The number of anilines is 1. The molecule has 2 fully saturated rings. The zero-order valence-electron chi connectivity index (χ0n) is 13.4. The van der Waals surface area contributed by atoms with Crippen molar-refractivity contribution in [1.82, 2.24) is 4.90 Å². The van der Waals surface area contributed by atoms with Gasteiger partial charge in [0.25, 0.3) is 0 Å². The van der Waals surface area contributed by atoms with Gasteiger partial charge < -0.3 is 15.0 Å². The molecule has 1 saturated heterocycles. The number of ether oxygens (including phenoxy) is 1. The summed E-state index contributed by atoms with van der Waals surface area (Å²) in [7, 11) is 2.15. The maximum atomic E-state index is 12.1. The van der Waals surface area contributed by atoms with Crippen molar-refractivity contribution in [2.24, 2.45) is 5.92 Å². The lowest BCUT2D eigenvalue weighted by atomic mass is 10.1. The zero-order valence-corrected chi connectivity index (χ0v) is 13.4. The molecule has 1 aliphatic carbocycles. The Morgan fingerprint density at radius 1 is 1.09 bits per heavy atom. The average Bonchev–Trinajstić information content (AvgIpc) is 3.06. The van der Waals surface area contributed by atoms with Crippen LogP contribution in [-0.4, -0.2) is 37.0 Å². The number of hydrogen-bond donors (Lipinski definition) is 1. The van der Waals surface area contributed by atoms with Gasteiger partial charge in [-0.15, -0.1) is 0 Å². The third-order valence-electron chi connectivity index (χ3n) is 4.82. The molecule has 22 heavy (non-hydrogen) atoms. The SMILES string of the molecule is CN1CCC(Oc2ccc(NC(=O)C3CCCC3)cc2)CC1. The number of nitrogens with one attached hydrogen (secondary N) is 1. The third kappa shape index (κ3) is 4.01. The Bertz CT molecular complexity index is 486. The summed E-state index contributed by atoms with van der Waals surface area (Å²) in [5.41, 5.74) is 0.868. The van der Waals surface area contributed by atoms with E-state index < -0.39 is 0 Å². The van der Waals surface area contributed by atoms with Gasteiger partial charge in [0, 0.05) is 24.7 Å². The summed E-state index contributed by atoms with van der Waals surface area (Å²) < 4.78 is 6.02. The summed E-state index contributed by atoms with van der Waals surface area (Å²) in [6, 6.07) is 7.80. The van der Waals surface area contributed by atoms with E-state index in [1.165, 1.54) is 12.8 Å². The van der Waals surface area contributed by atoms with Crippen molar-refractivity contribution in [2.45, 2.75) is 44.6 Å². The number of likely N-dealkylation sites (tertiary alicyclic amines) is 1. The van der Waals surface area contributed by atoms with Crippen LogP contribution in [0, 0.1) is 5.92 Å². The molecule has 1 aliphatic heterocycles. The van der Waals surface area contributed by atoms with Crippen LogP contribution in [0.25, 0.3) is 0 Å². The molecule has 1 heterocycles. The van der Waals surface area contributed by atoms with E-state index in [-0.39, 0.29) is 11.8 Å². The van der Waals surface area contributed by atoms with E-state index in [9.17, 15) is 4.79 Å². The second kappa shape index (κ2) is 7.14. The number of hydrogen-bond acceptors (Lipinski definition) is 3. The van der Waals surface area contributed by atoms with Gasteiger partial charge in [0.1, 0.15) is 11.9 Å². The Hall–Kier alpha value is -1.55. The lowest BCUT2D eigenvalue weighted by molar-refractivity contribution is -0.119. The Morgan fingerprint density at radius 2 is 1.73 bits per heavy atom. The van der Waals surface area contributed by atoms with Crippen LogP contribution in [0.4, 0.5) is 5.69 Å². The smallest absolute Gasteiger partial charge is 0.227 e. The van der Waals surface area contributed by atoms with Crippen LogP contribution in [0.5, 0.6) is 5.75 Å². The number of amides is 1. The van der Waals surface area contributed by atoms with E-state index in [1.807, 2.05) is 24.3 Å². The lowest BCUT2D eigenvalue weighted by Gasteiger charge is -2.29. The Morgan fingerprint density at radius 3 is 2.36 bits per heavy atom. The first-order chi connectivity index (χ1) is 10.7. The molecule has 2 aliphatic rings. The van der Waals surface area contributed by atoms with Crippen molar-refractivity contribution in [3.05, 3.63) is 24.3 Å². The van der Waals surface area contributed by atoms with Crippen LogP contribution in [-0.2, 0) is 4.79 Å². The van der Waals surface area contributed by atoms with E-state index in [1.54, 1.807) is 0 Å². The lowest BCUT2D eigenvalue weighted by Crippen LogP contribution is -2.35. The highest BCUT2D eigenvalue weighted by molar-refractivity contribution is 5.92. The van der Waals surface area contributed by atoms with Gasteiger partial charge in [-0.25, -0.2) is 0 Å². The van der Waals surface area contributed by atoms with Crippen molar-refractivity contribution < 1.29 is 9.53 Å². The van der Waals surface area contributed by atoms with Gasteiger partial charge in [0.05, 0.1) is 0 Å². The van der Waals surface area contributed by atoms with E-state index in [0.29, 0.717) is 6.10 Å². The van der Waals surface area contributed by atoms with E-state index in [0.717, 1.165) is 50.2 Å². The number of benzene rings is 1. The Kier molecular flexibility index (Phi) is 4.98. The first-order valence-electron chi connectivity index (χ1n) is 8.47. The van der Waals surface area contributed by atoms with Crippen LogP contribution in [0.15, 0.2) is 24.3 Å². The van der Waals surface area contributed by atoms with Crippen molar-refractivity contribution in [1.29, 1.82) is 0 Å². The number of rotatable bonds is 4. The van der Waals surface area contributed by atoms with Crippen molar-refractivity contribution in [3.63, 3.8) is 0 Å². The quantitative estimate of drug-likeness (QED) is 0.928. The minimum Gasteiger partial charge on any atom is -0.490 e. The summed E-state index contributed by atoms with van der Waals surface area (Å²) in [6.45, 7) is 2.19. The highest BCUT2D eigenvalue weighted by Gasteiger charge is 2.22. The summed E-state index contributed by atoms with van der Waals surface area (Å²) in [6.07, 6.45) is 6.90. The molecule has 3 rings (SSSR count). The second-order valence-electron chi connectivity index (χ2n) is 6.62. The maximum absolute atomic E-state index is 12.1. The molecule has 1 N–H and O–H groups in total. The Balaban J connectivity index is 1.50. The largest absolute Gasteiger partial charge is 0.490 e. The topological polar surface area (TPSA) is 41.6 Å². The normalized spacial score (nSPS) is 21.0. The highest BCUT2D eigenvalue weighted by atomic mass is 16.5. The molecule has 0 spiro atoms. The molecular formula is C18H26N2O2. The molecule has 120 valence electrons. The van der Waals surface area contributed by atoms with Crippen molar-refractivity contribution in [3.8, 4) is 5.75 Å². The van der Waals surface area contributed by atoms with Crippen LogP contribution in [0.2, 0.25) is 0 Å². The first-order valence-corrected chi connectivity index (χ1v) is 8.47. The number of piperidine rings is 1. The van der Waals surface area contributed by atoms with E-state index >= 15 is 0 Å². The zero-order chi connectivity index (χ0) is 15.4. The predicted molar refractivity (Wildman–Crippen MR) is 88.2 cm³/mol. The van der Waals surface area contributed by atoms with Gasteiger partial charge in [0.15, 0.2) is 0 Å².